The molecule has 0 spiro atoms. The number of carbonyl (C=O) groups is 2. The summed E-state index contributed by atoms with van der Waals surface area (Å²) in [7, 11) is 0. The molecule has 6 heteroatoms. The van der Waals surface area contributed by atoms with Gasteiger partial charge in [-0.15, -0.1) is 0 Å². The van der Waals surface area contributed by atoms with Crippen LogP contribution in [0, 0.1) is 5.92 Å². The number of carbonyl (C=O) groups excluding carboxylic acids is 2. The van der Waals surface area contributed by atoms with Gasteiger partial charge in [0.25, 0.3) is 5.91 Å². The van der Waals surface area contributed by atoms with E-state index in [4.69, 9.17) is 0 Å². The molecule has 0 aromatic heterocycles. The largest absolute Gasteiger partial charge is 0.545 e. The topological polar surface area (TPSA) is 81.6 Å². The molecule has 1 heterocycles. The highest BCUT2D eigenvalue weighted by Gasteiger charge is 2.46. The summed E-state index contributed by atoms with van der Waals surface area (Å²) in [4.78, 5) is 27.6. The summed E-state index contributed by atoms with van der Waals surface area (Å²) in [5.74, 6) is -1.18. The SMILES string of the molecule is C/C=C(\C(=O)[O-])C1=NC(C)(C2CCCCC2)C(=O)N1.CC[N+](CC)(CC)Cc1ccccc1. The van der Waals surface area contributed by atoms with Crippen LogP contribution in [0.15, 0.2) is 47.0 Å². The second-order valence-corrected chi connectivity index (χ2v) is 9.32. The van der Waals surface area contributed by atoms with Gasteiger partial charge in [0.1, 0.15) is 17.9 Å². The Bertz CT molecular complexity index is 844. The zero-order valence-electron chi connectivity index (χ0n) is 21.0. The maximum atomic E-state index is 12.2. The summed E-state index contributed by atoms with van der Waals surface area (Å²) in [6.07, 6.45) is 6.75. The van der Waals surface area contributed by atoms with Crippen molar-refractivity contribution in [1.82, 2.24) is 5.32 Å². The molecule has 1 fully saturated rings. The minimum Gasteiger partial charge on any atom is -0.545 e. The number of aliphatic imine (C=N–C) groups is 1. The number of benzene rings is 1. The summed E-state index contributed by atoms with van der Waals surface area (Å²) in [6, 6.07) is 10.8. The fourth-order valence-electron chi connectivity index (χ4n) is 4.94. The van der Waals surface area contributed by atoms with E-state index in [0.717, 1.165) is 25.7 Å². The van der Waals surface area contributed by atoms with Gasteiger partial charge >= 0.3 is 0 Å². The van der Waals surface area contributed by atoms with Crippen molar-refractivity contribution in [3.8, 4) is 0 Å². The van der Waals surface area contributed by atoms with E-state index in [9.17, 15) is 14.7 Å². The van der Waals surface area contributed by atoms with Gasteiger partial charge in [-0.1, -0.05) is 55.7 Å². The number of allylic oxidation sites excluding steroid dienone is 1. The van der Waals surface area contributed by atoms with Gasteiger partial charge in [0.15, 0.2) is 0 Å². The van der Waals surface area contributed by atoms with Gasteiger partial charge in [0.2, 0.25) is 0 Å². The number of carboxylic acid groups (broad SMARTS) is 1. The van der Waals surface area contributed by atoms with Crippen LogP contribution in [0.25, 0.3) is 0 Å². The first-order valence-corrected chi connectivity index (χ1v) is 12.4. The molecule has 1 aromatic rings. The van der Waals surface area contributed by atoms with Crippen molar-refractivity contribution in [2.45, 2.75) is 78.8 Å². The highest BCUT2D eigenvalue weighted by molar-refractivity contribution is 6.25. The second-order valence-electron chi connectivity index (χ2n) is 9.32. The van der Waals surface area contributed by atoms with Gasteiger partial charge in [-0.05, 0) is 53.4 Å². The highest BCUT2D eigenvalue weighted by Crippen LogP contribution is 2.37. The fraction of sp³-hybridized carbons (Fsp3) is 0.593. The Morgan fingerprint density at radius 3 is 2.18 bits per heavy atom. The van der Waals surface area contributed by atoms with E-state index in [-0.39, 0.29) is 23.2 Å². The molecule has 2 aliphatic rings. The van der Waals surface area contributed by atoms with Crippen LogP contribution in [-0.4, -0.2) is 47.4 Å². The minimum atomic E-state index is -1.31. The number of carboxylic acids is 1. The normalized spacial score (nSPS) is 21.7. The maximum Gasteiger partial charge on any atom is 0.253 e. The maximum absolute atomic E-state index is 12.2. The molecule has 182 valence electrons. The van der Waals surface area contributed by atoms with Crippen molar-refractivity contribution in [1.29, 1.82) is 0 Å². The Labute approximate surface area is 199 Å². The standard InChI is InChI=1S/C14H20N2O3.C13H22N/c1-3-10(12(17)18)11-15-13(19)14(2,16-11)9-7-5-4-6-8-9;1-4-14(5-2,6-3)12-13-10-8-7-9-11-13/h3,9H,4-8H2,1-2H3,(H,17,18)(H,15,16,19);7-11H,4-6,12H2,1-3H3/q;+1/p-1/b10-3-;. The molecule has 1 atom stereocenters. The summed E-state index contributed by atoms with van der Waals surface area (Å²) in [5, 5.41) is 13.6. The van der Waals surface area contributed by atoms with Crippen LogP contribution in [0.3, 0.4) is 0 Å². The molecular weight excluding hydrogens is 414 g/mol. The van der Waals surface area contributed by atoms with E-state index >= 15 is 0 Å². The lowest BCUT2D eigenvalue weighted by molar-refractivity contribution is -0.936. The number of amidine groups is 1. The lowest BCUT2D eigenvalue weighted by atomic mass is 9.76. The molecule has 1 amide bonds. The van der Waals surface area contributed by atoms with Crippen LogP contribution < -0.4 is 10.4 Å². The van der Waals surface area contributed by atoms with Crippen LogP contribution in [0.5, 0.6) is 0 Å². The van der Waals surface area contributed by atoms with Crippen molar-refractivity contribution >= 4 is 17.7 Å². The molecule has 33 heavy (non-hydrogen) atoms. The first-order valence-electron chi connectivity index (χ1n) is 12.4. The van der Waals surface area contributed by atoms with Crippen molar-refractivity contribution < 1.29 is 19.2 Å². The highest BCUT2D eigenvalue weighted by atomic mass is 16.4. The number of amides is 1. The van der Waals surface area contributed by atoms with Crippen LogP contribution >= 0.6 is 0 Å². The third-order valence-corrected chi connectivity index (χ3v) is 7.57. The predicted octanol–water partition coefficient (Wildman–Crippen LogP) is 3.61. The van der Waals surface area contributed by atoms with E-state index in [1.165, 1.54) is 48.7 Å². The van der Waals surface area contributed by atoms with E-state index in [1.54, 1.807) is 13.8 Å². The van der Waals surface area contributed by atoms with Gasteiger partial charge in [-0.25, -0.2) is 0 Å². The van der Waals surface area contributed by atoms with E-state index < -0.39 is 11.5 Å². The number of nitrogens with zero attached hydrogens (tertiary/aromatic N) is 2. The van der Waals surface area contributed by atoms with Crippen LogP contribution in [0.4, 0.5) is 0 Å². The molecule has 0 bridgehead atoms. The van der Waals surface area contributed by atoms with Gasteiger partial charge < -0.3 is 19.7 Å². The van der Waals surface area contributed by atoms with Crippen LogP contribution in [0.2, 0.25) is 0 Å². The Morgan fingerprint density at radius 1 is 1.12 bits per heavy atom. The lowest BCUT2D eigenvalue weighted by Crippen LogP contribution is -2.46. The van der Waals surface area contributed by atoms with E-state index in [1.807, 2.05) is 0 Å². The third-order valence-electron chi connectivity index (χ3n) is 7.57. The molecule has 0 radical (unpaired) electrons. The van der Waals surface area contributed by atoms with Crippen LogP contribution in [-0.2, 0) is 16.1 Å². The monoisotopic (exact) mass is 455 g/mol. The minimum absolute atomic E-state index is 0.0483. The number of nitrogens with one attached hydrogen (secondary N) is 1. The average Bonchev–Trinajstić information content (AvgIpc) is 3.14. The van der Waals surface area contributed by atoms with Crippen molar-refractivity contribution in [2.24, 2.45) is 10.9 Å². The van der Waals surface area contributed by atoms with E-state index in [2.05, 4.69) is 61.4 Å². The molecule has 1 unspecified atom stereocenters. The second kappa shape index (κ2) is 12.1. The lowest BCUT2D eigenvalue weighted by Gasteiger charge is -2.35. The Kier molecular flexibility index (Phi) is 9.84. The molecule has 1 saturated carbocycles. The molecule has 0 saturated heterocycles. The summed E-state index contributed by atoms with van der Waals surface area (Å²) in [5.41, 5.74) is 0.574. The molecule has 6 nitrogen and oxygen atoms in total. The molecule has 1 N–H and O–H groups in total. The zero-order chi connectivity index (χ0) is 24.5. The van der Waals surface area contributed by atoms with E-state index in [0.29, 0.717) is 0 Å². The van der Waals surface area contributed by atoms with Gasteiger partial charge in [-0.2, -0.15) is 0 Å². The van der Waals surface area contributed by atoms with Crippen LogP contribution in [0.1, 0.15) is 72.3 Å². The van der Waals surface area contributed by atoms with Crippen molar-refractivity contribution in [3.63, 3.8) is 0 Å². The first kappa shape index (κ1) is 26.8. The average molecular weight is 456 g/mol. The van der Waals surface area contributed by atoms with Gasteiger partial charge in [-0.3, -0.25) is 9.79 Å². The molecule has 1 aromatic carbocycles. The number of hydrogen-bond donors (Lipinski definition) is 1. The molecular formula is C27H41N3O3. The number of hydrogen-bond acceptors (Lipinski definition) is 4. The van der Waals surface area contributed by atoms with Gasteiger partial charge in [0.05, 0.1) is 25.6 Å². The summed E-state index contributed by atoms with van der Waals surface area (Å²) >= 11 is 0. The van der Waals surface area contributed by atoms with Crippen molar-refractivity contribution in [2.75, 3.05) is 19.6 Å². The number of quaternary nitrogens is 1. The molecule has 3 rings (SSSR count). The number of rotatable bonds is 8. The van der Waals surface area contributed by atoms with Gasteiger partial charge in [0, 0.05) is 11.1 Å². The summed E-state index contributed by atoms with van der Waals surface area (Å²) < 4.78 is 1.20. The zero-order valence-corrected chi connectivity index (χ0v) is 21.0. The Morgan fingerprint density at radius 2 is 1.70 bits per heavy atom. The predicted molar refractivity (Wildman–Crippen MR) is 131 cm³/mol. The summed E-state index contributed by atoms with van der Waals surface area (Å²) in [6.45, 7) is 15.1. The van der Waals surface area contributed by atoms with Crippen molar-refractivity contribution in [3.05, 3.63) is 47.5 Å². The Balaban J connectivity index is 0.000000245. The smallest absolute Gasteiger partial charge is 0.253 e. The quantitative estimate of drug-likeness (QED) is 0.480. The first-order chi connectivity index (χ1) is 15.7. The third kappa shape index (κ3) is 6.53. The molecule has 1 aliphatic heterocycles. The Hall–Kier alpha value is -2.47. The fourth-order valence-corrected chi connectivity index (χ4v) is 4.94. The molecule has 1 aliphatic carbocycles. The number of aliphatic carboxylic acids is 1.